The quantitative estimate of drug-likeness (QED) is 0.703. The van der Waals surface area contributed by atoms with E-state index in [1.54, 1.807) is 16.9 Å². The maximum absolute atomic E-state index is 12.7. The highest BCUT2D eigenvalue weighted by Crippen LogP contribution is 2.23. The lowest BCUT2D eigenvalue weighted by atomic mass is 10.1. The Kier molecular flexibility index (Phi) is 4.72. The molecule has 130 valence electrons. The molecule has 25 heavy (non-hydrogen) atoms. The van der Waals surface area contributed by atoms with E-state index in [2.05, 4.69) is 10.2 Å². The lowest BCUT2D eigenvalue weighted by Gasteiger charge is -2.10. The Morgan fingerprint density at radius 2 is 1.60 bits per heavy atom. The molecule has 0 spiro atoms. The van der Waals surface area contributed by atoms with Crippen LogP contribution in [0.3, 0.4) is 0 Å². The molecular weight excluding hydrogens is 334 g/mol. The van der Waals surface area contributed by atoms with Gasteiger partial charge in [0.2, 0.25) is 0 Å². The van der Waals surface area contributed by atoms with Crippen LogP contribution in [0, 0.1) is 13.8 Å². The molecule has 0 amide bonds. The number of benzene rings is 2. The minimum absolute atomic E-state index is 0.00435. The van der Waals surface area contributed by atoms with Crippen molar-refractivity contribution in [3.8, 4) is 5.69 Å². The maximum Gasteiger partial charge on any atom is 0.179 e. The Bertz CT molecular complexity index is 962. The van der Waals surface area contributed by atoms with Crippen LogP contribution in [-0.2, 0) is 9.84 Å². The molecule has 0 aliphatic rings. The fraction of sp³-hybridized carbons (Fsp3) is 0.263. The molecule has 1 unspecified atom stereocenters. The Balaban J connectivity index is 1.85. The van der Waals surface area contributed by atoms with Gasteiger partial charge in [0.15, 0.2) is 9.84 Å². The predicted octanol–water partition coefficient (Wildman–Crippen LogP) is 3.46. The van der Waals surface area contributed by atoms with Crippen molar-refractivity contribution in [1.29, 1.82) is 0 Å². The first-order chi connectivity index (χ1) is 11.9. The third kappa shape index (κ3) is 3.79. The third-order valence-corrected chi connectivity index (χ3v) is 6.05. The summed E-state index contributed by atoms with van der Waals surface area (Å²) in [5.41, 5.74) is 3.34. The van der Waals surface area contributed by atoms with Crippen molar-refractivity contribution in [2.24, 2.45) is 0 Å². The second-order valence-corrected chi connectivity index (χ2v) is 8.33. The molecule has 1 aromatic heterocycles. The van der Waals surface area contributed by atoms with Crippen molar-refractivity contribution >= 4 is 9.84 Å². The zero-order valence-electron chi connectivity index (χ0n) is 14.5. The minimum Gasteiger partial charge on any atom is -0.224 e. The van der Waals surface area contributed by atoms with E-state index in [1.807, 2.05) is 63.2 Å². The van der Waals surface area contributed by atoms with Crippen molar-refractivity contribution in [1.82, 2.24) is 15.0 Å². The highest BCUT2D eigenvalue weighted by molar-refractivity contribution is 7.91. The molecular formula is C19H21N3O2S. The van der Waals surface area contributed by atoms with Crippen LogP contribution < -0.4 is 0 Å². The van der Waals surface area contributed by atoms with Gasteiger partial charge in [0.25, 0.3) is 0 Å². The van der Waals surface area contributed by atoms with E-state index in [4.69, 9.17) is 0 Å². The number of sulfone groups is 1. The van der Waals surface area contributed by atoms with E-state index in [0.717, 1.165) is 16.9 Å². The molecule has 6 heteroatoms. The van der Waals surface area contributed by atoms with Gasteiger partial charge in [0, 0.05) is 5.92 Å². The van der Waals surface area contributed by atoms with Crippen LogP contribution >= 0.6 is 0 Å². The van der Waals surface area contributed by atoms with Crippen molar-refractivity contribution in [3.05, 3.63) is 71.5 Å². The summed E-state index contributed by atoms with van der Waals surface area (Å²) in [4.78, 5) is 1.90. The summed E-state index contributed by atoms with van der Waals surface area (Å²) in [7, 11) is -3.37. The number of hydrogen-bond acceptors (Lipinski definition) is 4. The van der Waals surface area contributed by atoms with Crippen LogP contribution in [0.25, 0.3) is 5.69 Å². The number of nitrogens with zero attached hydrogens (tertiary/aromatic N) is 3. The molecule has 1 heterocycles. The van der Waals surface area contributed by atoms with Crippen LogP contribution in [0.4, 0.5) is 0 Å². The molecule has 3 aromatic rings. The molecule has 0 radical (unpaired) electrons. The summed E-state index contributed by atoms with van der Waals surface area (Å²) in [5, 5.41) is 8.94. The average molecular weight is 355 g/mol. The fourth-order valence-electron chi connectivity index (χ4n) is 2.77. The van der Waals surface area contributed by atoms with E-state index >= 15 is 0 Å². The predicted molar refractivity (Wildman–Crippen MR) is 97.7 cm³/mol. The lowest BCUT2D eigenvalue weighted by molar-refractivity contribution is 0.588. The summed E-state index contributed by atoms with van der Waals surface area (Å²) < 4.78 is 25.3. The summed E-state index contributed by atoms with van der Waals surface area (Å²) in [6.45, 7) is 5.67. The van der Waals surface area contributed by atoms with Gasteiger partial charge < -0.3 is 0 Å². The molecule has 0 saturated heterocycles. The first kappa shape index (κ1) is 17.4. The van der Waals surface area contributed by atoms with Crippen molar-refractivity contribution in [3.63, 3.8) is 0 Å². The van der Waals surface area contributed by atoms with E-state index in [9.17, 15) is 8.42 Å². The van der Waals surface area contributed by atoms with Gasteiger partial charge in [0.1, 0.15) is 0 Å². The fourth-order valence-corrected chi connectivity index (χ4v) is 4.33. The maximum atomic E-state index is 12.7. The van der Waals surface area contributed by atoms with Crippen molar-refractivity contribution in [2.45, 2.75) is 31.6 Å². The van der Waals surface area contributed by atoms with Crippen LogP contribution in [0.2, 0.25) is 0 Å². The molecule has 1 atom stereocenters. The minimum atomic E-state index is -3.37. The average Bonchev–Trinajstić information content (AvgIpc) is 2.98. The molecule has 0 N–H and O–H groups in total. The molecule has 0 bridgehead atoms. The van der Waals surface area contributed by atoms with Crippen LogP contribution in [0.5, 0.6) is 0 Å². The normalized spacial score (nSPS) is 12.9. The van der Waals surface area contributed by atoms with Gasteiger partial charge in [-0.15, -0.1) is 0 Å². The Labute approximate surface area is 148 Å². The summed E-state index contributed by atoms with van der Waals surface area (Å²) in [6, 6.07) is 16.5. The number of rotatable bonds is 5. The first-order valence-corrected chi connectivity index (χ1v) is 9.81. The van der Waals surface area contributed by atoms with Crippen molar-refractivity contribution < 1.29 is 8.42 Å². The SMILES string of the molecule is Cc1ccc(S(=O)(=O)CC(C)c2nn(-c3ccccc3)nc2C)cc1. The van der Waals surface area contributed by atoms with Gasteiger partial charge >= 0.3 is 0 Å². The van der Waals surface area contributed by atoms with Gasteiger partial charge in [-0.25, -0.2) is 8.42 Å². The Hall–Kier alpha value is -2.47. The second kappa shape index (κ2) is 6.80. The number of aromatic nitrogens is 3. The Morgan fingerprint density at radius 1 is 0.960 bits per heavy atom. The molecule has 0 aliphatic carbocycles. The van der Waals surface area contributed by atoms with Gasteiger partial charge in [-0.3, -0.25) is 0 Å². The molecule has 0 saturated carbocycles. The second-order valence-electron chi connectivity index (χ2n) is 6.29. The number of hydrogen-bond donors (Lipinski definition) is 0. The zero-order valence-corrected chi connectivity index (χ0v) is 15.4. The number of para-hydroxylation sites is 1. The molecule has 2 aromatic carbocycles. The monoisotopic (exact) mass is 355 g/mol. The highest BCUT2D eigenvalue weighted by Gasteiger charge is 2.23. The Morgan fingerprint density at radius 3 is 2.24 bits per heavy atom. The third-order valence-electron chi connectivity index (χ3n) is 4.12. The first-order valence-electron chi connectivity index (χ1n) is 8.15. The van der Waals surface area contributed by atoms with Crippen LogP contribution in [0.1, 0.15) is 29.8 Å². The van der Waals surface area contributed by atoms with Gasteiger partial charge in [-0.1, -0.05) is 42.8 Å². The summed E-state index contributed by atoms with van der Waals surface area (Å²) in [5.74, 6) is -0.242. The number of aryl methyl sites for hydroxylation is 2. The zero-order chi connectivity index (χ0) is 18.0. The van der Waals surface area contributed by atoms with Gasteiger partial charge in [0.05, 0.1) is 27.7 Å². The molecule has 0 aliphatic heterocycles. The molecule has 5 nitrogen and oxygen atoms in total. The summed E-state index contributed by atoms with van der Waals surface area (Å²) in [6.07, 6.45) is 0. The van der Waals surface area contributed by atoms with Crippen molar-refractivity contribution in [2.75, 3.05) is 5.75 Å². The van der Waals surface area contributed by atoms with E-state index in [0.29, 0.717) is 10.6 Å². The molecule has 0 fully saturated rings. The van der Waals surface area contributed by atoms with Crippen LogP contribution in [0.15, 0.2) is 59.5 Å². The van der Waals surface area contributed by atoms with Gasteiger partial charge in [-0.05, 0) is 38.1 Å². The standard InChI is InChI=1S/C19H21N3O2S/c1-14-9-11-18(12-10-14)25(23,24)13-15(2)19-16(3)20-22(21-19)17-7-5-4-6-8-17/h4-12,15H,13H2,1-3H3. The van der Waals surface area contributed by atoms with E-state index in [-0.39, 0.29) is 11.7 Å². The smallest absolute Gasteiger partial charge is 0.179 e. The highest BCUT2D eigenvalue weighted by atomic mass is 32.2. The topological polar surface area (TPSA) is 64.8 Å². The summed E-state index contributed by atoms with van der Waals surface area (Å²) >= 11 is 0. The van der Waals surface area contributed by atoms with Crippen LogP contribution in [-0.4, -0.2) is 29.2 Å². The van der Waals surface area contributed by atoms with E-state index < -0.39 is 9.84 Å². The van der Waals surface area contributed by atoms with Gasteiger partial charge in [-0.2, -0.15) is 15.0 Å². The lowest BCUT2D eigenvalue weighted by Crippen LogP contribution is -2.14. The largest absolute Gasteiger partial charge is 0.224 e. The van der Waals surface area contributed by atoms with E-state index in [1.165, 1.54) is 0 Å². The molecule has 3 rings (SSSR count).